The second kappa shape index (κ2) is 7.28. The molecule has 0 atom stereocenters. The lowest BCUT2D eigenvalue weighted by atomic mass is 10.1. The number of hydrogen-bond acceptors (Lipinski definition) is 2. The first kappa shape index (κ1) is 16.5. The smallest absolute Gasteiger partial charge is 0.335 e. The molecule has 0 fully saturated rings. The molecule has 0 aliphatic rings. The van der Waals surface area contributed by atoms with Crippen LogP contribution in [0, 0.1) is 5.92 Å². The first-order valence-electron chi connectivity index (χ1n) is 6.36. The van der Waals surface area contributed by atoms with Crippen LogP contribution >= 0.6 is 15.9 Å². The van der Waals surface area contributed by atoms with Crippen LogP contribution in [0.15, 0.2) is 22.7 Å². The van der Waals surface area contributed by atoms with Crippen molar-refractivity contribution in [2.45, 2.75) is 20.3 Å². The molecule has 0 bridgehead atoms. The second-order valence-electron chi connectivity index (χ2n) is 5.03. The van der Waals surface area contributed by atoms with E-state index in [4.69, 9.17) is 5.11 Å². The van der Waals surface area contributed by atoms with Crippen molar-refractivity contribution in [3.05, 3.63) is 28.2 Å². The average molecular weight is 343 g/mol. The minimum absolute atomic E-state index is 0.133. The highest BCUT2D eigenvalue weighted by Crippen LogP contribution is 2.24. The monoisotopic (exact) mass is 342 g/mol. The minimum Gasteiger partial charge on any atom is -0.478 e. The zero-order chi connectivity index (χ0) is 15.3. The maximum absolute atomic E-state index is 12.0. The van der Waals surface area contributed by atoms with Crippen LogP contribution in [0.3, 0.4) is 0 Å². The highest BCUT2D eigenvalue weighted by Gasteiger charge is 2.13. The molecule has 0 aromatic heterocycles. The highest BCUT2D eigenvalue weighted by atomic mass is 79.9. The van der Waals surface area contributed by atoms with Gasteiger partial charge in [-0.05, 0) is 46.5 Å². The van der Waals surface area contributed by atoms with Gasteiger partial charge in [-0.2, -0.15) is 0 Å². The largest absolute Gasteiger partial charge is 0.478 e. The minimum atomic E-state index is -1.03. The molecule has 1 aromatic carbocycles. The molecule has 0 aliphatic carbocycles. The number of aromatic carboxylic acids is 1. The third kappa shape index (κ3) is 4.85. The Morgan fingerprint density at radius 1 is 1.40 bits per heavy atom. The summed E-state index contributed by atoms with van der Waals surface area (Å²) in [6, 6.07) is 4.26. The van der Waals surface area contributed by atoms with Crippen molar-refractivity contribution in [3.8, 4) is 0 Å². The summed E-state index contributed by atoms with van der Waals surface area (Å²) in [5.74, 6) is -0.506. The van der Waals surface area contributed by atoms with Crippen LogP contribution in [0.1, 0.15) is 30.6 Å². The number of nitrogens with one attached hydrogen (secondary N) is 1. The molecular weight excluding hydrogens is 324 g/mol. The SMILES string of the molecule is CC(C)CCN(C)C(=O)Nc1cc(C(=O)O)ccc1Br. The summed E-state index contributed by atoms with van der Waals surface area (Å²) < 4.78 is 0.646. The molecule has 0 heterocycles. The van der Waals surface area contributed by atoms with E-state index in [-0.39, 0.29) is 11.6 Å². The Balaban J connectivity index is 2.74. The Morgan fingerprint density at radius 2 is 2.05 bits per heavy atom. The quantitative estimate of drug-likeness (QED) is 0.857. The summed E-state index contributed by atoms with van der Waals surface area (Å²) in [5.41, 5.74) is 0.583. The number of nitrogens with zero attached hydrogens (tertiary/aromatic N) is 1. The van der Waals surface area contributed by atoms with E-state index in [9.17, 15) is 9.59 Å². The molecule has 0 saturated heterocycles. The summed E-state index contributed by atoms with van der Waals surface area (Å²) in [4.78, 5) is 24.5. The number of anilines is 1. The van der Waals surface area contributed by atoms with Crippen LogP contribution in [-0.2, 0) is 0 Å². The first-order valence-corrected chi connectivity index (χ1v) is 7.15. The van der Waals surface area contributed by atoms with Gasteiger partial charge in [0.15, 0.2) is 0 Å². The van der Waals surface area contributed by atoms with Crippen molar-refractivity contribution < 1.29 is 14.7 Å². The van der Waals surface area contributed by atoms with Gasteiger partial charge in [0.25, 0.3) is 0 Å². The summed E-state index contributed by atoms with van der Waals surface area (Å²) in [7, 11) is 1.71. The van der Waals surface area contributed by atoms with Crippen LogP contribution in [0.5, 0.6) is 0 Å². The van der Waals surface area contributed by atoms with E-state index >= 15 is 0 Å². The topological polar surface area (TPSA) is 69.6 Å². The lowest BCUT2D eigenvalue weighted by molar-refractivity contribution is 0.0697. The second-order valence-corrected chi connectivity index (χ2v) is 5.89. The van der Waals surface area contributed by atoms with Crippen molar-refractivity contribution in [1.29, 1.82) is 0 Å². The third-order valence-electron chi connectivity index (χ3n) is 2.84. The van der Waals surface area contributed by atoms with Gasteiger partial charge in [-0.3, -0.25) is 0 Å². The van der Waals surface area contributed by atoms with Gasteiger partial charge in [0.2, 0.25) is 0 Å². The Morgan fingerprint density at radius 3 is 2.60 bits per heavy atom. The van der Waals surface area contributed by atoms with Crippen LogP contribution < -0.4 is 5.32 Å². The van der Waals surface area contributed by atoms with Gasteiger partial charge in [-0.25, -0.2) is 9.59 Å². The summed E-state index contributed by atoms with van der Waals surface area (Å²) in [6.07, 6.45) is 0.917. The summed E-state index contributed by atoms with van der Waals surface area (Å²) in [6.45, 7) is 4.84. The van der Waals surface area contributed by atoms with Crippen LogP contribution in [0.25, 0.3) is 0 Å². The zero-order valence-corrected chi connectivity index (χ0v) is 13.4. The molecule has 20 heavy (non-hydrogen) atoms. The van der Waals surface area contributed by atoms with Gasteiger partial charge >= 0.3 is 12.0 Å². The molecule has 0 radical (unpaired) electrons. The van der Waals surface area contributed by atoms with E-state index in [0.29, 0.717) is 22.6 Å². The fraction of sp³-hybridized carbons (Fsp3) is 0.429. The molecular formula is C14H19BrN2O3. The van der Waals surface area contributed by atoms with Crippen LogP contribution in [0.2, 0.25) is 0 Å². The average Bonchev–Trinajstić information content (AvgIpc) is 2.37. The molecule has 0 unspecified atom stereocenters. The molecule has 1 rings (SSSR count). The van der Waals surface area contributed by atoms with Gasteiger partial charge in [-0.15, -0.1) is 0 Å². The first-order chi connectivity index (χ1) is 9.31. The number of carbonyl (C=O) groups excluding carboxylic acids is 1. The van der Waals surface area contributed by atoms with Gasteiger partial charge in [0.1, 0.15) is 0 Å². The lowest BCUT2D eigenvalue weighted by Crippen LogP contribution is -2.32. The maximum Gasteiger partial charge on any atom is 0.335 e. The molecule has 0 saturated carbocycles. The van der Waals surface area contributed by atoms with E-state index in [1.807, 2.05) is 0 Å². The number of carbonyl (C=O) groups is 2. The third-order valence-corrected chi connectivity index (χ3v) is 3.53. The predicted octanol–water partition coefficient (Wildman–Crippen LogP) is 3.66. The Hall–Kier alpha value is -1.56. The summed E-state index contributed by atoms with van der Waals surface area (Å²) in [5, 5.41) is 11.7. The Kier molecular flexibility index (Phi) is 6.01. The van der Waals surface area contributed by atoms with E-state index in [1.165, 1.54) is 12.1 Å². The molecule has 6 heteroatoms. The van der Waals surface area contributed by atoms with Crippen LogP contribution in [-0.4, -0.2) is 35.6 Å². The number of hydrogen-bond donors (Lipinski definition) is 2. The van der Waals surface area contributed by atoms with Gasteiger partial charge < -0.3 is 15.3 Å². The summed E-state index contributed by atoms with van der Waals surface area (Å²) >= 11 is 3.29. The zero-order valence-electron chi connectivity index (χ0n) is 11.8. The van der Waals surface area contributed by atoms with E-state index in [1.54, 1.807) is 18.0 Å². The molecule has 2 N–H and O–H groups in total. The number of halogens is 1. The molecule has 110 valence electrons. The fourth-order valence-electron chi connectivity index (χ4n) is 1.52. The van der Waals surface area contributed by atoms with Gasteiger partial charge in [0, 0.05) is 18.1 Å². The Labute approximate surface area is 127 Å². The lowest BCUT2D eigenvalue weighted by Gasteiger charge is -2.19. The Bertz CT molecular complexity index is 503. The van der Waals surface area contributed by atoms with Crippen molar-refractivity contribution in [2.24, 2.45) is 5.92 Å². The number of carboxylic acids is 1. The number of carboxylic acid groups (broad SMARTS) is 1. The standard InChI is InChI=1S/C14H19BrN2O3/c1-9(2)6-7-17(3)14(20)16-12-8-10(13(18)19)4-5-11(12)15/h4-5,8-9H,6-7H2,1-3H3,(H,16,20)(H,18,19). The fourth-order valence-corrected chi connectivity index (χ4v) is 1.86. The maximum atomic E-state index is 12.0. The number of amides is 2. The van der Waals surface area contributed by atoms with Gasteiger partial charge in [0.05, 0.1) is 11.3 Å². The van der Waals surface area contributed by atoms with Gasteiger partial charge in [-0.1, -0.05) is 13.8 Å². The van der Waals surface area contributed by atoms with E-state index in [0.717, 1.165) is 6.42 Å². The molecule has 5 nitrogen and oxygen atoms in total. The molecule has 0 spiro atoms. The predicted molar refractivity (Wildman–Crippen MR) is 82.2 cm³/mol. The molecule has 1 aromatic rings. The van der Waals surface area contributed by atoms with E-state index < -0.39 is 5.97 Å². The molecule has 0 aliphatic heterocycles. The highest BCUT2D eigenvalue weighted by molar-refractivity contribution is 9.10. The van der Waals surface area contributed by atoms with Crippen molar-refractivity contribution >= 4 is 33.6 Å². The number of urea groups is 1. The van der Waals surface area contributed by atoms with Crippen molar-refractivity contribution in [3.63, 3.8) is 0 Å². The number of benzene rings is 1. The van der Waals surface area contributed by atoms with E-state index in [2.05, 4.69) is 35.1 Å². The van der Waals surface area contributed by atoms with Crippen molar-refractivity contribution in [1.82, 2.24) is 4.90 Å². The number of rotatable bonds is 5. The van der Waals surface area contributed by atoms with Crippen LogP contribution in [0.4, 0.5) is 10.5 Å². The molecule has 2 amide bonds. The van der Waals surface area contributed by atoms with Crippen molar-refractivity contribution in [2.75, 3.05) is 18.9 Å². The normalized spacial score (nSPS) is 10.4.